The van der Waals surface area contributed by atoms with E-state index in [1.807, 2.05) is 0 Å². The minimum Gasteiger partial charge on any atom is -0.469 e. The number of amides is 1. The topological polar surface area (TPSA) is 127 Å². The number of ether oxygens (including phenoxy) is 2. The van der Waals surface area contributed by atoms with E-state index in [4.69, 9.17) is 4.74 Å². The third-order valence-corrected chi connectivity index (χ3v) is 4.22. The summed E-state index contributed by atoms with van der Waals surface area (Å²) in [7, 11) is 1.24. The fourth-order valence-corrected chi connectivity index (χ4v) is 2.79. The van der Waals surface area contributed by atoms with Crippen molar-refractivity contribution in [1.82, 2.24) is 9.97 Å². The van der Waals surface area contributed by atoms with Gasteiger partial charge in [0.2, 0.25) is 5.91 Å². The van der Waals surface area contributed by atoms with E-state index in [1.54, 1.807) is 31.2 Å². The van der Waals surface area contributed by atoms with E-state index in [2.05, 4.69) is 20.0 Å². The van der Waals surface area contributed by atoms with E-state index in [0.717, 1.165) is 11.8 Å². The van der Waals surface area contributed by atoms with Crippen LogP contribution in [0.4, 0.5) is 5.69 Å². The third kappa shape index (κ3) is 6.54. The molecule has 0 atom stereocenters. The first-order valence-electron chi connectivity index (χ1n) is 8.28. The Balaban J connectivity index is 1.92. The summed E-state index contributed by atoms with van der Waals surface area (Å²) in [6, 6.07) is 7.48. The second kappa shape index (κ2) is 10.3. The Bertz CT molecular complexity index is 910. The first kappa shape index (κ1) is 21.2. The molecule has 1 aromatic heterocycles. The zero-order valence-corrected chi connectivity index (χ0v) is 16.1. The summed E-state index contributed by atoms with van der Waals surface area (Å²) < 4.78 is 9.44. The lowest BCUT2D eigenvalue weighted by Crippen LogP contribution is -2.17. The van der Waals surface area contributed by atoms with Crippen LogP contribution in [-0.2, 0) is 25.5 Å². The fraction of sp³-hybridized carbons (Fsp3) is 0.278. The summed E-state index contributed by atoms with van der Waals surface area (Å²) in [6.07, 6.45) is -0.132. The zero-order chi connectivity index (χ0) is 20.5. The molecule has 0 aliphatic rings. The molecule has 0 unspecified atom stereocenters. The molecule has 0 saturated carbocycles. The number of rotatable bonds is 8. The van der Waals surface area contributed by atoms with Gasteiger partial charge in [-0.05, 0) is 31.2 Å². The summed E-state index contributed by atoms with van der Waals surface area (Å²) in [4.78, 5) is 53.3. The Kier molecular flexibility index (Phi) is 7.76. The molecule has 0 bridgehead atoms. The number of aromatic amines is 1. The highest BCUT2D eigenvalue weighted by Crippen LogP contribution is 2.14. The van der Waals surface area contributed by atoms with Gasteiger partial charge in [-0.2, -0.15) is 0 Å². The number of aromatic nitrogens is 2. The Hall–Kier alpha value is -3.14. The van der Waals surface area contributed by atoms with Gasteiger partial charge in [0.25, 0.3) is 5.56 Å². The largest absolute Gasteiger partial charge is 0.469 e. The van der Waals surface area contributed by atoms with Crippen molar-refractivity contribution in [1.29, 1.82) is 0 Å². The van der Waals surface area contributed by atoms with Crippen LogP contribution in [0.5, 0.6) is 0 Å². The standard InChI is InChI=1S/C18H19N3O6S/c1-3-27-17(25)11-4-6-12(7-5-11)19-15(23)10-28-18-20-13(8-14(22)21-18)9-16(24)26-2/h4-8H,3,9-10H2,1-2H3,(H,19,23)(H,20,21,22). The second-order valence-corrected chi connectivity index (χ2v) is 6.39. The highest BCUT2D eigenvalue weighted by Gasteiger charge is 2.11. The van der Waals surface area contributed by atoms with E-state index < -0.39 is 17.5 Å². The van der Waals surface area contributed by atoms with Gasteiger partial charge in [0.05, 0.1) is 37.1 Å². The molecule has 148 valence electrons. The van der Waals surface area contributed by atoms with Crippen molar-refractivity contribution in [3.05, 3.63) is 51.9 Å². The van der Waals surface area contributed by atoms with Crippen LogP contribution >= 0.6 is 11.8 Å². The first-order valence-corrected chi connectivity index (χ1v) is 9.26. The zero-order valence-electron chi connectivity index (χ0n) is 15.3. The predicted octanol–water partition coefficient (Wildman–Crippen LogP) is 1.39. The average molecular weight is 405 g/mol. The molecule has 2 rings (SSSR count). The van der Waals surface area contributed by atoms with Crippen LogP contribution in [0, 0.1) is 0 Å². The van der Waals surface area contributed by atoms with Crippen LogP contribution in [0.1, 0.15) is 23.0 Å². The van der Waals surface area contributed by atoms with Crippen LogP contribution in [-0.4, -0.2) is 47.3 Å². The van der Waals surface area contributed by atoms with Crippen molar-refractivity contribution in [2.24, 2.45) is 0 Å². The summed E-state index contributed by atoms with van der Waals surface area (Å²) in [5, 5.41) is 2.90. The average Bonchev–Trinajstić information content (AvgIpc) is 2.66. The van der Waals surface area contributed by atoms with E-state index in [-0.39, 0.29) is 35.5 Å². The molecule has 1 heterocycles. The van der Waals surface area contributed by atoms with Crippen molar-refractivity contribution in [2.45, 2.75) is 18.5 Å². The van der Waals surface area contributed by atoms with Crippen molar-refractivity contribution in [3.8, 4) is 0 Å². The molecule has 0 radical (unpaired) electrons. The van der Waals surface area contributed by atoms with Gasteiger partial charge < -0.3 is 19.8 Å². The number of carbonyl (C=O) groups excluding carboxylic acids is 3. The maximum atomic E-state index is 12.1. The van der Waals surface area contributed by atoms with Gasteiger partial charge in [-0.3, -0.25) is 14.4 Å². The molecule has 2 N–H and O–H groups in total. The number of carbonyl (C=O) groups is 3. The molecule has 0 fully saturated rings. The number of benzene rings is 1. The number of methoxy groups -OCH3 is 1. The van der Waals surface area contributed by atoms with Crippen LogP contribution in [0.15, 0.2) is 40.3 Å². The molecule has 0 aliphatic heterocycles. The van der Waals surface area contributed by atoms with Crippen LogP contribution in [0.2, 0.25) is 0 Å². The first-order chi connectivity index (χ1) is 13.4. The van der Waals surface area contributed by atoms with Gasteiger partial charge in [-0.25, -0.2) is 9.78 Å². The number of nitrogens with zero attached hydrogens (tertiary/aromatic N) is 1. The highest BCUT2D eigenvalue weighted by molar-refractivity contribution is 7.99. The fourth-order valence-electron chi connectivity index (χ4n) is 2.10. The Morgan fingerprint density at radius 2 is 1.93 bits per heavy atom. The molecule has 10 heteroatoms. The minimum atomic E-state index is -0.516. The van der Waals surface area contributed by atoms with Crippen molar-refractivity contribution in [2.75, 3.05) is 24.8 Å². The number of nitrogens with one attached hydrogen (secondary N) is 2. The lowest BCUT2D eigenvalue weighted by atomic mass is 10.2. The van der Waals surface area contributed by atoms with E-state index in [9.17, 15) is 19.2 Å². The van der Waals surface area contributed by atoms with Gasteiger partial charge in [0.15, 0.2) is 5.16 Å². The SMILES string of the molecule is CCOC(=O)c1ccc(NC(=O)CSc2nc(CC(=O)OC)cc(=O)[nH]2)cc1. The molecule has 2 aromatic rings. The molecule has 1 aromatic carbocycles. The second-order valence-electron chi connectivity index (χ2n) is 5.43. The molecule has 28 heavy (non-hydrogen) atoms. The molecule has 0 saturated heterocycles. The van der Waals surface area contributed by atoms with Gasteiger partial charge in [0, 0.05) is 11.8 Å². The molecular weight excluding hydrogens is 386 g/mol. The molecule has 1 amide bonds. The quantitative estimate of drug-likeness (QED) is 0.383. The number of esters is 2. The number of hydrogen-bond donors (Lipinski definition) is 2. The number of anilines is 1. The number of hydrogen-bond acceptors (Lipinski definition) is 8. The van der Waals surface area contributed by atoms with Crippen LogP contribution in [0.3, 0.4) is 0 Å². The number of H-pyrrole nitrogens is 1. The maximum Gasteiger partial charge on any atom is 0.338 e. The van der Waals surface area contributed by atoms with Gasteiger partial charge >= 0.3 is 11.9 Å². The lowest BCUT2D eigenvalue weighted by Gasteiger charge is -2.07. The molecule has 9 nitrogen and oxygen atoms in total. The lowest BCUT2D eigenvalue weighted by molar-refractivity contribution is -0.139. The number of thioether (sulfide) groups is 1. The summed E-state index contributed by atoms with van der Waals surface area (Å²) >= 11 is 1.02. The van der Waals surface area contributed by atoms with Crippen LogP contribution < -0.4 is 10.9 Å². The minimum absolute atomic E-state index is 0.00968. The molecule has 0 spiro atoms. The Morgan fingerprint density at radius 1 is 1.21 bits per heavy atom. The summed E-state index contributed by atoms with van der Waals surface area (Å²) in [5.74, 6) is -1.28. The molecular formula is C18H19N3O6S. The summed E-state index contributed by atoms with van der Waals surface area (Å²) in [5.41, 5.74) is 0.734. The predicted molar refractivity (Wildman–Crippen MR) is 102 cm³/mol. The van der Waals surface area contributed by atoms with Crippen molar-refractivity contribution >= 4 is 35.3 Å². The monoisotopic (exact) mass is 405 g/mol. The van der Waals surface area contributed by atoms with Gasteiger partial charge in [-0.1, -0.05) is 11.8 Å². The normalized spacial score (nSPS) is 10.2. The maximum absolute atomic E-state index is 12.1. The van der Waals surface area contributed by atoms with Crippen molar-refractivity contribution < 1.29 is 23.9 Å². The summed E-state index contributed by atoms with van der Waals surface area (Å²) in [6.45, 7) is 2.00. The van der Waals surface area contributed by atoms with Crippen LogP contribution in [0.25, 0.3) is 0 Å². The van der Waals surface area contributed by atoms with Gasteiger partial charge in [-0.15, -0.1) is 0 Å². The van der Waals surface area contributed by atoms with Crippen molar-refractivity contribution in [3.63, 3.8) is 0 Å². The third-order valence-electron chi connectivity index (χ3n) is 3.35. The van der Waals surface area contributed by atoms with E-state index in [1.165, 1.54) is 13.2 Å². The van der Waals surface area contributed by atoms with Gasteiger partial charge in [0.1, 0.15) is 0 Å². The smallest absolute Gasteiger partial charge is 0.338 e. The highest BCUT2D eigenvalue weighted by atomic mass is 32.2. The Morgan fingerprint density at radius 3 is 2.57 bits per heavy atom. The van der Waals surface area contributed by atoms with E-state index in [0.29, 0.717) is 11.3 Å². The van der Waals surface area contributed by atoms with E-state index >= 15 is 0 Å². The Labute approximate surface area is 164 Å². The molecule has 0 aliphatic carbocycles.